The van der Waals surface area contributed by atoms with Crippen LogP contribution in [0, 0.1) is 0 Å². The lowest BCUT2D eigenvalue weighted by molar-refractivity contribution is 0.399. The summed E-state index contributed by atoms with van der Waals surface area (Å²) in [5.74, 6) is 1.64. The zero-order chi connectivity index (χ0) is 19.8. The minimum Gasteiger partial charge on any atom is -0.479 e. The lowest BCUT2D eigenvalue weighted by Crippen LogP contribution is -2.12. The van der Waals surface area contributed by atoms with E-state index < -0.39 is 0 Å². The van der Waals surface area contributed by atoms with E-state index in [2.05, 4.69) is 44.4 Å². The van der Waals surface area contributed by atoms with Crippen LogP contribution in [0.2, 0.25) is 0 Å². The van der Waals surface area contributed by atoms with Gasteiger partial charge in [0.2, 0.25) is 17.6 Å². The molecule has 0 aliphatic carbocycles. The zero-order valence-electron chi connectivity index (χ0n) is 16.0. The number of nitrogens with zero attached hydrogens (tertiary/aromatic N) is 6. The molecular weight excluding hydrogens is 366 g/mol. The molecule has 1 aromatic carbocycles. The number of imidazole rings is 1. The Morgan fingerprint density at radius 2 is 1.93 bits per heavy atom. The van der Waals surface area contributed by atoms with Crippen molar-refractivity contribution in [3.05, 3.63) is 72.9 Å². The van der Waals surface area contributed by atoms with E-state index in [1.165, 1.54) is 0 Å². The molecule has 8 heteroatoms. The molecule has 0 spiro atoms. The third kappa shape index (κ3) is 3.04. The fourth-order valence-corrected chi connectivity index (χ4v) is 3.40. The number of hydrogen-bond donors (Lipinski definition) is 1. The fraction of sp³-hybridized carbons (Fsp3) is 0.143. The minimum absolute atomic E-state index is 0.0567. The molecule has 0 bridgehead atoms. The molecule has 5 aromatic rings. The third-order valence-electron chi connectivity index (χ3n) is 4.87. The summed E-state index contributed by atoms with van der Waals surface area (Å²) in [6.45, 7) is 2.07. The van der Waals surface area contributed by atoms with Gasteiger partial charge in [-0.05, 0) is 18.6 Å². The summed E-state index contributed by atoms with van der Waals surface area (Å²) >= 11 is 0. The van der Waals surface area contributed by atoms with E-state index in [1.807, 2.05) is 47.3 Å². The molecule has 0 aliphatic rings. The topological polar surface area (TPSA) is 81.6 Å². The smallest absolute Gasteiger partial charge is 0.244 e. The van der Waals surface area contributed by atoms with Gasteiger partial charge >= 0.3 is 0 Å². The molecule has 5 rings (SSSR count). The average molecular weight is 385 g/mol. The maximum atomic E-state index is 5.60. The first-order chi connectivity index (χ1) is 14.2. The maximum Gasteiger partial charge on any atom is 0.244 e. The average Bonchev–Trinajstić information content (AvgIpc) is 3.40. The van der Waals surface area contributed by atoms with E-state index in [9.17, 15) is 0 Å². The minimum atomic E-state index is 0.0567. The number of fused-ring (bicyclic) bond motifs is 2. The van der Waals surface area contributed by atoms with E-state index in [-0.39, 0.29) is 6.04 Å². The van der Waals surface area contributed by atoms with Gasteiger partial charge in [0.15, 0.2) is 0 Å². The number of nitrogens with one attached hydrogen (secondary N) is 1. The van der Waals surface area contributed by atoms with Gasteiger partial charge in [-0.15, -0.1) is 5.10 Å². The Kier molecular flexibility index (Phi) is 4.09. The van der Waals surface area contributed by atoms with Crippen molar-refractivity contribution in [2.75, 3.05) is 12.4 Å². The standard InChI is InChI=1S/C21H19N7O/c1-14(15-6-4-3-5-7-15)24-20-25-19(29-2)18-17(8-10-28(18)26-20)16-12-23-21-22-9-11-27(21)13-16/h3-14H,1-2H3,(H,24,26)/t14-/m1/s1. The molecule has 1 atom stereocenters. The molecule has 0 saturated carbocycles. The molecule has 1 N–H and O–H groups in total. The Balaban J connectivity index is 1.55. The van der Waals surface area contributed by atoms with Crippen LogP contribution in [-0.4, -0.2) is 36.1 Å². The highest BCUT2D eigenvalue weighted by molar-refractivity contribution is 5.84. The number of benzene rings is 1. The highest BCUT2D eigenvalue weighted by Gasteiger charge is 2.17. The molecule has 8 nitrogen and oxygen atoms in total. The fourth-order valence-electron chi connectivity index (χ4n) is 3.40. The van der Waals surface area contributed by atoms with Crippen LogP contribution in [0.25, 0.3) is 22.4 Å². The van der Waals surface area contributed by atoms with Crippen molar-refractivity contribution in [2.24, 2.45) is 0 Å². The largest absolute Gasteiger partial charge is 0.479 e. The van der Waals surface area contributed by atoms with Crippen LogP contribution in [0.4, 0.5) is 5.95 Å². The highest BCUT2D eigenvalue weighted by Crippen LogP contribution is 2.31. The van der Waals surface area contributed by atoms with Crippen LogP contribution >= 0.6 is 0 Å². The lowest BCUT2D eigenvalue weighted by atomic mass is 10.1. The van der Waals surface area contributed by atoms with Crippen LogP contribution in [0.3, 0.4) is 0 Å². The molecule has 4 heterocycles. The Bertz CT molecular complexity index is 1290. The Morgan fingerprint density at radius 3 is 2.76 bits per heavy atom. The van der Waals surface area contributed by atoms with Crippen LogP contribution in [0.15, 0.2) is 67.4 Å². The van der Waals surface area contributed by atoms with Gasteiger partial charge in [-0.25, -0.2) is 14.5 Å². The predicted octanol–water partition coefficient (Wildman–Crippen LogP) is 3.62. The molecular formula is C21H19N7O. The monoisotopic (exact) mass is 385 g/mol. The van der Waals surface area contributed by atoms with E-state index >= 15 is 0 Å². The van der Waals surface area contributed by atoms with Gasteiger partial charge in [0, 0.05) is 42.1 Å². The number of methoxy groups -OCH3 is 1. The summed E-state index contributed by atoms with van der Waals surface area (Å²) in [6.07, 6.45) is 9.25. The Hall–Kier alpha value is -3.94. The van der Waals surface area contributed by atoms with E-state index in [1.54, 1.807) is 24.0 Å². The van der Waals surface area contributed by atoms with E-state index in [0.29, 0.717) is 17.6 Å². The third-order valence-corrected chi connectivity index (χ3v) is 4.87. The maximum absolute atomic E-state index is 5.60. The molecule has 0 amide bonds. The lowest BCUT2D eigenvalue weighted by Gasteiger charge is -2.15. The van der Waals surface area contributed by atoms with Gasteiger partial charge in [0.1, 0.15) is 5.52 Å². The summed E-state index contributed by atoms with van der Waals surface area (Å²) < 4.78 is 9.25. The quantitative estimate of drug-likeness (QED) is 0.498. The second-order valence-corrected chi connectivity index (χ2v) is 6.72. The summed E-state index contributed by atoms with van der Waals surface area (Å²) in [7, 11) is 1.61. The number of ether oxygens (including phenoxy) is 1. The molecule has 0 saturated heterocycles. The summed E-state index contributed by atoms with van der Waals surface area (Å²) in [5, 5.41) is 7.97. The van der Waals surface area contributed by atoms with E-state index in [4.69, 9.17) is 4.74 Å². The Labute approximate surface area is 166 Å². The van der Waals surface area contributed by atoms with Crippen molar-refractivity contribution in [3.63, 3.8) is 0 Å². The Morgan fingerprint density at radius 1 is 1.07 bits per heavy atom. The second kappa shape index (κ2) is 6.90. The SMILES string of the molecule is COc1nc(N[C@H](C)c2ccccc2)nn2ccc(-c3cnc4nccn4c3)c12. The highest BCUT2D eigenvalue weighted by atomic mass is 16.5. The summed E-state index contributed by atoms with van der Waals surface area (Å²) in [4.78, 5) is 13.2. The van der Waals surface area contributed by atoms with Gasteiger partial charge in [-0.1, -0.05) is 30.3 Å². The van der Waals surface area contributed by atoms with Gasteiger partial charge in [-0.2, -0.15) is 4.98 Å². The van der Waals surface area contributed by atoms with Gasteiger partial charge in [-0.3, -0.25) is 4.40 Å². The van der Waals surface area contributed by atoms with Crippen LogP contribution < -0.4 is 10.1 Å². The number of hydrogen-bond acceptors (Lipinski definition) is 6. The van der Waals surface area contributed by atoms with Crippen molar-refractivity contribution in [1.29, 1.82) is 0 Å². The van der Waals surface area contributed by atoms with Crippen LogP contribution in [-0.2, 0) is 0 Å². The predicted molar refractivity (Wildman–Crippen MR) is 110 cm³/mol. The normalized spacial score (nSPS) is 12.3. The molecule has 4 aromatic heterocycles. The first-order valence-corrected chi connectivity index (χ1v) is 9.27. The van der Waals surface area contributed by atoms with Crippen molar-refractivity contribution in [3.8, 4) is 17.0 Å². The first-order valence-electron chi connectivity index (χ1n) is 9.27. The number of aromatic nitrogens is 6. The van der Waals surface area contributed by atoms with Crippen LogP contribution in [0.1, 0.15) is 18.5 Å². The molecule has 0 aliphatic heterocycles. The molecule has 0 fully saturated rings. The van der Waals surface area contributed by atoms with Crippen LogP contribution in [0.5, 0.6) is 5.88 Å². The van der Waals surface area contributed by atoms with Crippen molar-refractivity contribution >= 4 is 17.2 Å². The molecule has 0 radical (unpaired) electrons. The van der Waals surface area contributed by atoms with Crippen molar-refractivity contribution < 1.29 is 4.74 Å². The summed E-state index contributed by atoms with van der Waals surface area (Å²) in [5.41, 5.74) is 3.81. The van der Waals surface area contributed by atoms with Crippen molar-refractivity contribution in [2.45, 2.75) is 13.0 Å². The second-order valence-electron chi connectivity index (χ2n) is 6.72. The van der Waals surface area contributed by atoms with Gasteiger partial charge < -0.3 is 10.1 Å². The molecule has 144 valence electrons. The molecule has 29 heavy (non-hydrogen) atoms. The van der Waals surface area contributed by atoms with E-state index in [0.717, 1.165) is 22.2 Å². The van der Waals surface area contributed by atoms with Crippen molar-refractivity contribution in [1.82, 2.24) is 29.0 Å². The van der Waals surface area contributed by atoms with Gasteiger partial charge in [0.25, 0.3) is 0 Å². The number of rotatable bonds is 5. The van der Waals surface area contributed by atoms with Gasteiger partial charge in [0.05, 0.1) is 13.2 Å². The number of anilines is 1. The molecule has 0 unspecified atom stereocenters. The summed E-state index contributed by atoms with van der Waals surface area (Å²) in [6, 6.07) is 12.2. The zero-order valence-corrected chi connectivity index (χ0v) is 16.0. The first kappa shape index (κ1) is 17.2.